The van der Waals surface area contributed by atoms with Crippen LogP contribution in [0.5, 0.6) is 0 Å². The van der Waals surface area contributed by atoms with Crippen molar-refractivity contribution in [3.63, 3.8) is 0 Å². The van der Waals surface area contributed by atoms with E-state index in [9.17, 15) is 9.90 Å². The van der Waals surface area contributed by atoms with Crippen molar-refractivity contribution < 1.29 is 43.6 Å². The Morgan fingerprint density at radius 1 is 1.73 bits per heavy atom. The van der Waals surface area contributed by atoms with Crippen LogP contribution in [0.3, 0.4) is 0 Å². The predicted molar refractivity (Wildman–Crippen MR) is 59.2 cm³/mol. The Morgan fingerprint density at radius 3 is 2.80 bits per heavy atom. The zero-order chi connectivity index (χ0) is 9.84. The van der Waals surface area contributed by atoms with Crippen LogP contribution in [-0.2, 0) is 8.98 Å². The maximum Gasteiger partial charge on any atom is 1.00 e. The first-order valence-electron chi connectivity index (χ1n) is 3.78. The first-order valence-corrected chi connectivity index (χ1v) is 5.81. The first kappa shape index (κ1) is 18.0. The number of hydrogen-bond acceptors (Lipinski definition) is 6. The summed E-state index contributed by atoms with van der Waals surface area (Å²) in [5.41, 5.74) is 0. The van der Waals surface area contributed by atoms with Crippen molar-refractivity contribution in [1.29, 1.82) is 0 Å². The molecule has 0 bridgehead atoms. The van der Waals surface area contributed by atoms with Crippen LogP contribution in [0.25, 0.3) is 0 Å². The van der Waals surface area contributed by atoms with Crippen molar-refractivity contribution in [2.45, 2.75) is 32.1 Å². The van der Waals surface area contributed by atoms with Crippen LogP contribution in [0.15, 0.2) is 4.99 Å². The molecule has 0 N–H and O–H groups in total. The van der Waals surface area contributed by atoms with Gasteiger partial charge in [0.2, 0.25) is 0 Å². The smallest absolute Gasteiger partial charge is 0.550 e. The number of aliphatic imine (C=N–C) groups is 1. The molecule has 1 rings (SSSR count). The number of carboxylic acids is 1. The summed E-state index contributed by atoms with van der Waals surface area (Å²) in [5.74, 6) is -1.04. The minimum atomic E-state index is -1.04. The summed E-state index contributed by atoms with van der Waals surface area (Å²) in [6.45, 7) is 1.87. The van der Waals surface area contributed by atoms with Gasteiger partial charge in [0.05, 0.1) is 18.1 Å². The molecule has 2 atom stereocenters. The quantitative estimate of drug-likeness (QED) is 0.430. The molecule has 1 aliphatic heterocycles. The van der Waals surface area contributed by atoms with Gasteiger partial charge in [0.25, 0.3) is 5.23 Å². The number of aliphatic carboxylic acids is 1. The van der Waals surface area contributed by atoms with E-state index >= 15 is 0 Å². The molecule has 1 heterocycles. The molecular formula is C8H14NNaO3S2. The van der Waals surface area contributed by atoms with Crippen molar-refractivity contribution in [2.75, 3.05) is 6.26 Å². The van der Waals surface area contributed by atoms with E-state index in [1.165, 1.54) is 23.8 Å². The molecular weight excluding hydrogens is 245 g/mol. The molecule has 0 aromatic heterocycles. The molecule has 2 unspecified atom stereocenters. The predicted octanol–water partition coefficient (Wildman–Crippen LogP) is -2.08. The summed E-state index contributed by atoms with van der Waals surface area (Å²) >= 11 is 2.56. The Kier molecular flexibility index (Phi) is 10.5. The van der Waals surface area contributed by atoms with Crippen LogP contribution < -0.4 is 34.7 Å². The second kappa shape index (κ2) is 8.75. The average molecular weight is 259 g/mol. The Hall–Kier alpha value is 0.640. The van der Waals surface area contributed by atoms with Gasteiger partial charge in [0, 0.05) is 23.9 Å². The van der Waals surface area contributed by atoms with Crippen molar-refractivity contribution in [2.24, 2.45) is 4.99 Å². The third kappa shape index (κ3) is 6.06. The Labute approximate surface area is 121 Å². The minimum Gasteiger partial charge on any atom is -0.550 e. The second-order valence-electron chi connectivity index (χ2n) is 2.62. The molecule has 4 nitrogen and oxygen atoms in total. The van der Waals surface area contributed by atoms with Crippen molar-refractivity contribution >= 4 is 35.0 Å². The van der Waals surface area contributed by atoms with Crippen molar-refractivity contribution in [3.05, 3.63) is 0 Å². The Balaban J connectivity index is 0. The van der Waals surface area contributed by atoms with Gasteiger partial charge in [-0.25, -0.2) is 4.99 Å². The van der Waals surface area contributed by atoms with Crippen molar-refractivity contribution in [3.8, 4) is 0 Å². The van der Waals surface area contributed by atoms with Gasteiger partial charge in [-0.1, -0.05) is 19.2 Å². The maximum atomic E-state index is 10.3. The number of nitrogens with zero attached hydrogens (tertiary/aromatic N) is 1. The fourth-order valence-electron chi connectivity index (χ4n) is 0.997. The molecule has 15 heavy (non-hydrogen) atoms. The SMILES string of the molecule is C.CSOC1=NC(C)C(CC(=O)[O-])S1.[Na+]. The molecule has 82 valence electrons. The molecule has 0 radical (unpaired) electrons. The number of thioether (sulfide) groups is 1. The van der Waals surface area contributed by atoms with E-state index in [0.717, 1.165) is 0 Å². The third-order valence-corrected chi connectivity index (χ3v) is 3.31. The average Bonchev–Trinajstić information content (AvgIpc) is 2.31. The molecule has 0 aliphatic carbocycles. The maximum absolute atomic E-state index is 10.3. The van der Waals surface area contributed by atoms with Crippen LogP contribution in [0.4, 0.5) is 0 Å². The number of carbonyl (C=O) groups is 1. The summed E-state index contributed by atoms with van der Waals surface area (Å²) in [4.78, 5) is 14.5. The molecule has 1 aliphatic rings. The molecule has 0 spiro atoms. The summed E-state index contributed by atoms with van der Waals surface area (Å²) < 4.78 is 5.10. The number of carbonyl (C=O) groups excluding carboxylic acids is 1. The number of carboxylic acid groups (broad SMARTS) is 1. The minimum absolute atomic E-state index is 0. The molecule has 0 aromatic carbocycles. The fourth-order valence-corrected chi connectivity index (χ4v) is 2.51. The van der Waals surface area contributed by atoms with Gasteiger partial charge >= 0.3 is 29.6 Å². The molecule has 0 saturated heterocycles. The number of rotatable bonds is 3. The van der Waals surface area contributed by atoms with Gasteiger partial charge in [0.15, 0.2) is 0 Å². The Morgan fingerprint density at radius 2 is 2.33 bits per heavy atom. The second-order valence-corrected chi connectivity index (χ2v) is 4.31. The molecule has 0 saturated carbocycles. The van der Waals surface area contributed by atoms with Gasteiger partial charge in [-0.15, -0.1) is 0 Å². The van der Waals surface area contributed by atoms with E-state index in [-0.39, 0.29) is 54.7 Å². The summed E-state index contributed by atoms with van der Waals surface area (Å²) in [7, 11) is 0. The van der Waals surface area contributed by atoms with E-state index in [0.29, 0.717) is 5.23 Å². The molecule has 0 aromatic rings. The van der Waals surface area contributed by atoms with E-state index in [2.05, 4.69) is 4.99 Å². The largest absolute Gasteiger partial charge is 1.00 e. The van der Waals surface area contributed by atoms with E-state index < -0.39 is 5.97 Å². The van der Waals surface area contributed by atoms with Gasteiger partial charge in [-0.05, 0) is 6.92 Å². The third-order valence-electron chi connectivity index (χ3n) is 1.62. The topological polar surface area (TPSA) is 61.7 Å². The monoisotopic (exact) mass is 259 g/mol. The van der Waals surface area contributed by atoms with Crippen LogP contribution in [0.2, 0.25) is 0 Å². The van der Waals surface area contributed by atoms with Gasteiger partial charge in [-0.3, -0.25) is 0 Å². The van der Waals surface area contributed by atoms with Crippen LogP contribution in [0.1, 0.15) is 20.8 Å². The molecule has 0 amide bonds. The van der Waals surface area contributed by atoms with Gasteiger partial charge < -0.3 is 14.1 Å². The fraction of sp³-hybridized carbons (Fsp3) is 0.750. The van der Waals surface area contributed by atoms with E-state index in [4.69, 9.17) is 4.18 Å². The van der Waals surface area contributed by atoms with E-state index in [1.54, 1.807) is 6.26 Å². The van der Waals surface area contributed by atoms with Crippen LogP contribution in [0, 0.1) is 0 Å². The zero-order valence-corrected chi connectivity index (χ0v) is 12.0. The first-order chi connectivity index (χ1) is 6.13. The number of hydrogen-bond donors (Lipinski definition) is 0. The van der Waals surface area contributed by atoms with Crippen molar-refractivity contribution in [1.82, 2.24) is 0 Å². The van der Waals surface area contributed by atoms with Crippen LogP contribution >= 0.6 is 23.8 Å². The normalized spacial score (nSPS) is 23.5. The van der Waals surface area contributed by atoms with Crippen LogP contribution in [-0.4, -0.2) is 28.7 Å². The molecule has 0 fully saturated rings. The Bertz CT molecular complexity index is 238. The standard InChI is InChI=1S/C7H11NO3S2.CH4.Na/c1-4-5(3-6(9)10)13-7(8-4)11-12-2;;/h4-5H,3H2,1-2H3,(H,9,10);1H4;/q;;+1/p-1. The van der Waals surface area contributed by atoms with E-state index in [1.807, 2.05) is 6.92 Å². The summed E-state index contributed by atoms with van der Waals surface area (Å²) in [5, 5.41) is 10.9. The zero-order valence-electron chi connectivity index (χ0n) is 8.35. The summed E-state index contributed by atoms with van der Waals surface area (Å²) in [6.07, 6.45) is 1.82. The summed E-state index contributed by atoms with van der Waals surface area (Å²) in [6, 6.07) is -0.00921. The van der Waals surface area contributed by atoms with Gasteiger partial charge in [0.1, 0.15) is 0 Å². The van der Waals surface area contributed by atoms with Gasteiger partial charge in [-0.2, -0.15) is 0 Å². The molecule has 7 heteroatoms.